The largest absolute Gasteiger partial charge is 0.472 e. The molecule has 2 unspecified atom stereocenters. The summed E-state index contributed by atoms with van der Waals surface area (Å²) in [6, 6.07) is 0.887. The first kappa shape index (κ1) is 24.4. The van der Waals surface area contributed by atoms with Crippen LogP contribution in [0, 0.1) is 5.92 Å². The number of aromatic amines is 1. The Balaban J connectivity index is 1.88. The standard InChI is InChI=1S/C16H23F2N2O9P/c1-3-26-13(22)10(2)5-7-27-30(24,25)28-9-11-8-16(17,18)14(29-11)20-6-4-12(21)19-15(20)23/h4,6,10-11,14H,3,5,7-9H2,1-2H3,(H,24,25)(H,19,21,23)/t10-,11?,14+/m0/s1. The van der Waals surface area contributed by atoms with E-state index in [0.717, 1.165) is 12.3 Å². The summed E-state index contributed by atoms with van der Waals surface area (Å²) in [6.45, 7) is 2.39. The average Bonchev–Trinajstić information content (AvgIpc) is 2.94. The number of carbonyl (C=O) groups excluding carboxylic acids is 1. The van der Waals surface area contributed by atoms with E-state index < -0.39 is 62.2 Å². The van der Waals surface area contributed by atoms with Crippen LogP contribution in [0.3, 0.4) is 0 Å². The van der Waals surface area contributed by atoms with Gasteiger partial charge in [0.15, 0.2) is 0 Å². The molecular weight excluding hydrogens is 433 g/mol. The minimum Gasteiger partial charge on any atom is -0.466 e. The van der Waals surface area contributed by atoms with E-state index in [0.29, 0.717) is 4.57 Å². The molecule has 0 spiro atoms. The third-order valence-corrected chi connectivity index (χ3v) is 5.19. The Morgan fingerprint density at radius 3 is 2.80 bits per heavy atom. The summed E-state index contributed by atoms with van der Waals surface area (Å²) in [6.07, 6.45) is -3.26. The topological polar surface area (TPSA) is 146 Å². The van der Waals surface area contributed by atoms with E-state index in [9.17, 15) is 32.6 Å². The van der Waals surface area contributed by atoms with Gasteiger partial charge < -0.3 is 14.4 Å². The molecule has 1 saturated heterocycles. The molecular formula is C16H23F2N2O9P. The predicted molar refractivity (Wildman–Crippen MR) is 96.9 cm³/mol. The molecule has 2 N–H and O–H groups in total. The minimum absolute atomic E-state index is 0.0853. The van der Waals surface area contributed by atoms with Crippen LogP contribution in [0.15, 0.2) is 21.9 Å². The van der Waals surface area contributed by atoms with Gasteiger partial charge in [-0.3, -0.25) is 28.2 Å². The molecule has 0 bridgehead atoms. The van der Waals surface area contributed by atoms with Crippen LogP contribution in [-0.2, 0) is 27.9 Å². The number of nitrogens with one attached hydrogen (secondary N) is 1. The molecule has 2 rings (SSSR count). The molecule has 14 heteroatoms. The lowest BCUT2D eigenvalue weighted by atomic mass is 10.1. The second-order valence-electron chi connectivity index (χ2n) is 6.63. The van der Waals surface area contributed by atoms with Gasteiger partial charge in [-0.05, 0) is 13.3 Å². The summed E-state index contributed by atoms with van der Waals surface area (Å²) < 4.78 is 60.2. The van der Waals surface area contributed by atoms with Gasteiger partial charge >= 0.3 is 19.5 Å². The molecule has 4 atom stereocenters. The Kier molecular flexibility index (Phi) is 8.06. The number of nitrogens with zero attached hydrogens (tertiary/aromatic N) is 1. The van der Waals surface area contributed by atoms with E-state index in [1.165, 1.54) is 0 Å². The van der Waals surface area contributed by atoms with Crippen molar-refractivity contribution in [2.75, 3.05) is 19.8 Å². The number of phosphoric acid groups is 1. The van der Waals surface area contributed by atoms with E-state index in [1.54, 1.807) is 13.8 Å². The lowest BCUT2D eigenvalue weighted by molar-refractivity contribution is -0.147. The highest BCUT2D eigenvalue weighted by Gasteiger charge is 2.52. The van der Waals surface area contributed by atoms with Gasteiger partial charge in [0, 0.05) is 18.7 Å². The predicted octanol–water partition coefficient (Wildman–Crippen LogP) is 1.18. The molecule has 170 valence electrons. The number of carbonyl (C=O) groups is 1. The van der Waals surface area contributed by atoms with Crippen LogP contribution in [0.2, 0.25) is 0 Å². The van der Waals surface area contributed by atoms with E-state index in [1.807, 2.05) is 4.98 Å². The molecule has 1 aliphatic heterocycles. The number of halogens is 2. The summed E-state index contributed by atoms with van der Waals surface area (Å²) in [5.41, 5.74) is -1.84. The number of alkyl halides is 2. The maximum absolute atomic E-state index is 14.2. The van der Waals surface area contributed by atoms with E-state index >= 15 is 0 Å². The number of hydrogen-bond acceptors (Lipinski definition) is 8. The first-order valence-corrected chi connectivity index (χ1v) is 10.6. The van der Waals surface area contributed by atoms with Crippen LogP contribution < -0.4 is 11.2 Å². The van der Waals surface area contributed by atoms with Gasteiger partial charge in [-0.2, -0.15) is 0 Å². The monoisotopic (exact) mass is 456 g/mol. The molecule has 0 amide bonds. The van der Waals surface area contributed by atoms with Crippen molar-refractivity contribution in [3.8, 4) is 0 Å². The number of rotatable bonds is 10. The summed E-state index contributed by atoms with van der Waals surface area (Å²) in [7, 11) is -4.59. The van der Waals surface area contributed by atoms with Gasteiger partial charge in [0.1, 0.15) is 0 Å². The van der Waals surface area contributed by atoms with Crippen molar-refractivity contribution in [1.82, 2.24) is 9.55 Å². The number of ether oxygens (including phenoxy) is 2. The third-order valence-electron chi connectivity index (χ3n) is 4.20. The smallest absolute Gasteiger partial charge is 0.466 e. The van der Waals surface area contributed by atoms with E-state index in [-0.39, 0.29) is 19.6 Å². The molecule has 1 aliphatic rings. The number of hydrogen-bond donors (Lipinski definition) is 2. The summed E-state index contributed by atoms with van der Waals surface area (Å²) in [5.74, 6) is -4.55. The van der Waals surface area contributed by atoms with Crippen LogP contribution in [0.5, 0.6) is 0 Å². The molecule has 1 fully saturated rings. The fourth-order valence-corrected chi connectivity index (χ4v) is 3.44. The quantitative estimate of drug-likeness (QED) is 0.391. The fourth-order valence-electron chi connectivity index (χ4n) is 2.68. The summed E-state index contributed by atoms with van der Waals surface area (Å²) in [4.78, 5) is 45.8. The zero-order valence-corrected chi connectivity index (χ0v) is 17.2. The Morgan fingerprint density at radius 2 is 2.17 bits per heavy atom. The maximum Gasteiger partial charge on any atom is 0.472 e. The molecule has 0 aromatic carbocycles. The Hall–Kier alpha value is -1.92. The van der Waals surface area contributed by atoms with Gasteiger partial charge in [-0.15, -0.1) is 0 Å². The highest BCUT2D eigenvalue weighted by molar-refractivity contribution is 7.47. The molecule has 0 aliphatic carbocycles. The van der Waals surface area contributed by atoms with Crippen molar-refractivity contribution in [2.45, 2.75) is 44.9 Å². The minimum atomic E-state index is -4.59. The van der Waals surface area contributed by atoms with Gasteiger partial charge in [-0.1, -0.05) is 6.92 Å². The number of aromatic nitrogens is 2. The Morgan fingerprint density at radius 1 is 1.47 bits per heavy atom. The average molecular weight is 456 g/mol. The number of phosphoric ester groups is 1. The normalized spacial score (nSPS) is 23.6. The molecule has 1 aromatic rings. The zero-order valence-electron chi connectivity index (χ0n) is 16.3. The van der Waals surface area contributed by atoms with Crippen molar-refractivity contribution >= 4 is 13.8 Å². The Labute approximate surface area is 169 Å². The SMILES string of the molecule is CCOC(=O)[C@@H](C)CCOP(=O)(O)OCC1CC(F)(F)[C@H](n2ccc(=O)[nH]c2=O)O1. The summed E-state index contributed by atoms with van der Waals surface area (Å²) in [5, 5.41) is 0. The number of H-pyrrole nitrogens is 1. The second kappa shape index (κ2) is 9.92. The second-order valence-corrected chi connectivity index (χ2v) is 8.09. The zero-order chi connectivity index (χ0) is 22.5. The first-order chi connectivity index (χ1) is 13.9. The highest BCUT2D eigenvalue weighted by atomic mass is 31.2. The third kappa shape index (κ3) is 6.54. The highest BCUT2D eigenvalue weighted by Crippen LogP contribution is 2.46. The molecule has 2 heterocycles. The van der Waals surface area contributed by atoms with Crippen LogP contribution in [0.4, 0.5) is 8.78 Å². The van der Waals surface area contributed by atoms with E-state index in [4.69, 9.17) is 18.5 Å². The van der Waals surface area contributed by atoms with Crippen LogP contribution in [0.25, 0.3) is 0 Å². The lowest BCUT2D eigenvalue weighted by Crippen LogP contribution is -2.37. The van der Waals surface area contributed by atoms with Crippen LogP contribution in [-0.4, -0.2) is 52.3 Å². The van der Waals surface area contributed by atoms with Crippen molar-refractivity contribution in [2.24, 2.45) is 5.92 Å². The van der Waals surface area contributed by atoms with Crippen LogP contribution >= 0.6 is 7.82 Å². The van der Waals surface area contributed by atoms with Gasteiger partial charge in [-0.25, -0.2) is 18.1 Å². The van der Waals surface area contributed by atoms with E-state index in [2.05, 4.69) is 0 Å². The molecule has 30 heavy (non-hydrogen) atoms. The van der Waals surface area contributed by atoms with Crippen LogP contribution in [0.1, 0.15) is 32.9 Å². The lowest BCUT2D eigenvalue weighted by Gasteiger charge is -2.19. The Bertz CT molecular complexity index is 903. The summed E-state index contributed by atoms with van der Waals surface area (Å²) >= 11 is 0. The first-order valence-electron chi connectivity index (χ1n) is 9.08. The van der Waals surface area contributed by atoms with Gasteiger partial charge in [0.25, 0.3) is 11.5 Å². The van der Waals surface area contributed by atoms with Crippen molar-refractivity contribution < 1.29 is 41.6 Å². The molecule has 0 saturated carbocycles. The van der Waals surface area contributed by atoms with Crippen molar-refractivity contribution in [1.29, 1.82) is 0 Å². The van der Waals surface area contributed by atoms with Gasteiger partial charge in [0.05, 0.1) is 31.8 Å². The molecule has 11 nitrogen and oxygen atoms in total. The fraction of sp³-hybridized carbons (Fsp3) is 0.688. The van der Waals surface area contributed by atoms with Crippen molar-refractivity contribution in [3.05, 3.63) is 33.1 Å². The maximum atomic E-state index is 14.2. The number of esters is 1. The van der Waals surface area contributed by atoms with Crippen molar-refractivity contribution in [3.63, 3.8) is 0 Å². The van der Waals surface area contributed by atoms with Gasteiger partial charge in [0.2, 0.25) is 6.23 Å². The molecule has 1 aromatic heterocycles. The molecule has 0 radical (unpaired) electrons.